The summed E-state index contributed by atoms with van der Waals surface area (Å²) in [4.78, 5) is 24.8. The molecule has 1 aliphatic rings. The monoisotopic (exact) mass is 266 g/mol. The third-order valence-corrected chi connectivity index (χ3v) is 3.50. The summed E-state index contributed by atoms with van der Waals surface area (Å²) in [5.41, 5.74) is 2.07. The summed E-state index contributed by atoms with van der Waals surface area (Å²) in [6.45, 7) is 2.05. The van der Waals surface area contributed by atoms with Gasteiger partial charge in [0, 0.05) is 5.56 Å². The summed E-state index contributed by atoms with van der Waals surface area (Å²) in [6.07, 6.45) is 0. The van der Waals surface area contributed by atoms with Gasteiger partial charge in [0.25, 0.3) is 0 Å². The van der Waals surface area contributed by atoms with E-state index < -0.39 is 5.92 Å². The van der Waals surface area contributed by atoms with Crippen molar-refractivity contribution in [1.29, 1.82) is 0 Å². The lowest BCUT2D eigenvalue weighted by Crippen LogP contribution is -2.34. The molecule has 1 unspecified atom stereocenters. The van der Waals surface area contributed by atoms with Crippen LogP contribution in [-0.4, -0.2) is 18.2 Å². The van der Waals surface area contributed by atoms with E-state index in [-0.39, 0.29) is 18.2 Å². The molecule has 3 rings (SSSR count). The lowest BCUT2D eigenvalue weighted by atomic mass is 9.88. The Labute approximate surface area is 117 Å². The summed E-state index contributed by atoms with van der Waals surface area (Å²) < 4.78 is 5.59. The highest BCUT2D eigenvalue weighted by Gasteiger charge is 2.34. The van der Waals surface area contributed by atoms with Crippen molar-refractivity contribution in [2.45, 2.75) is 6.92 Å². The highest BCUT2D eigenvalue weighted by molar-refractivity contribution is 6.17. The number of carbonyl (C=O) groups is 2. The Morgan fingerprint density at radius 2 is 1.90 bits per heavy atom. The van der Waals surface area contributed by atoms with Crippen LogP contribution in [0.25, 0.3) is 0 Å². The number of rotatable bonds is 2. The van der Waals surface area contributed by atoms with E-state index in [1.807, 2.05) is 25.1 Å². The van der Waals surface area contributed by atoms with Gasteiger partial charge in [0.2, 0.25) is 0 Å². The average Bonchev–Trinajstić information content (AvgIpc) is 2.48. The number of carbonyl (C=O) groups excluding carboxylic acids is 2. The van der Waals surface area contributed by atoms with Crippen molar-refractivity contribution in [2.24, 2.45) is 5.92 Å². The smallest absolute Gasteiger partial charge is 0.180 e. The molecule has 1 atom stereocenters. The quantitative estimate of drug-likeness (QED) is 0.619. The molecule has 100 valence electrons. The van der Waals surface area contributed by atoms with Crippen LogP contribution in [0.4, 0.5) is 0 Å². The number of hydrogen-bond donors (Lipinski definition) is 0. The number of aryl methyl sites for hydroxylation is 1. The third kappa shape index (κ3) is 2.11. The summed E-state index contributed by atoms with van der Waals surface area (Å²) >= 11 is 0. The van der Waals surface area contributed by atoms with Crippen LogP contribution in [0, 0.1) is 12.8 Å². The fourth-order valence-corrected chi connectivity index (χ4v) is 2.39. The van der Waals surface area contributed by atoms with Crippen LogP contribution in [0.5, 0.6) is 5.75 Å². The molecule has 2 aromatic rings. The van der Waals surface area contributed by atoms with E-state index in [0.717, 1.165) is 5.56 Å². The molecule has 0 aliphatic carbocycles. The topological polar surface area (TPSA) is 43.4 Å². The molecule has 0 spiro atoms. The van der Waals surface area contributed by atoms with Gasteiger partial charge in [-0.1, -0.05) is 36.4 Å². The van der Waals surface area contributed by atoms with Gasteiger partial charge in [0.1, 0.15) is 18.3 Å². The van der Waals surface area contributed by atoms with Crippen LogP contribution in [-0.2, 0) is 0 Å². The molecule has 3 nitrogen and oxygen atoms in total. The number of hydrogen-bond acceptors (Lipinski definition) is 3. The lowest BCUT2D eigenvalue weighted by Gasteiger charge is -2.23. The first-order valence-electron chi connectivity index (χ1n) is 6.54. The standard InChI is InChI=1S/C17H14O3/c1-11-7-8-13-15(9-11)20-10-14(17(13)19)16(18)12-5-3-2-4-6-12/h2-9,14H,10H2,1H3. The van der Waals surface area contributed by atoms with Gasteiger partial charge >= 0.3 is 0 Å². The molecule has 0 N–H and O–H groups in total. The first-order chi connectivity index (χ1) is 9.66. The molecule has 0 radical (unpaired) electrons. The predicted octanol–water partition coefficient (Wildman–Crippen LogP) is 3.07. The maximum Gasteiger partial charge on any atom is 0.180 e. The number of fused-ring (bicyclic) bond motifs is 1. The van der Waals surface area contributed by atoms with Gasteiger partial charge in [-0.05, 0) is 24.6 Å². The van der Waals surface area contributed by atoms with Crippen molar-refractivity contribution in [3.63, 3.8) is 0 Å². The van der Waals surface area contributed by atoms with Crippen molar-refractivity contribution in [3.05, 3.63) is 65.2 Å². The first-order valence-corrected chi connectivity index (χ1v) is 6.54. The minimum Gasteiger partial charge on any atom is -0.492 e. The van der Waals surface area contributed by atoms with Crippen molar-refractivity contribution < 1.29 is 14.3 Å². The van der Waals surface area contributed by atoms with Gasteiger partial charge in [-0.15, -0.1) is 0 Å². The van der Waals surface area contributed by atoms with Crippen molar-refractivity contribution in [2.75, 3.05) is 6.61 Å². The average molecular weight is 266 g/mol. The molecule has 0 amide bonds. The Morgan fingerprint density at radius 1 is 1.15 bits per heavy atom. The fourth-order valence-electron chi connectivity index (χ4n) is 2.39. The zero-order valence-corrected chi connectivity index (χ0v) is 11.1. The van der Waals surface area contributed by atoms with Crippen LogP contribution >= 0.6 is 0 Å². The van der Waals surface area contributed by atoms with Gasteiger partial charge in [0.15, 0.2) is 11.6 Å². The Hall–Kier alpha value is -2.42. The van der Waals surface area contributed by atoms with Crippen LogP contribution in [0.15, 0.2) is 48.5 Å². The second-order valence-corrected chi connectivity index (χ2v) is 4.96. The van der Waals surface area contributed by atoms with Crippen LogP contribution in [0.1, 0.15) is 26.3 Å². The zero-order chi connectivity index (χ0) is 14.1. The number of benzene rings is 2. The van der Waals surface area contributed by atoms with E-state index in [0.29, 0.717) is 16.9 Å². The predicted molar refractivity (Wildman–Crippen MR) is 75.3 cm³/mol. The summed E-state index contributed by atoms with van der Waals surface area (Å²) in [6, 6.07) is 14.3. The highest BCUT2D eigenvalue weighted by Crippen LogP contribution is 2.29. The maximum atomic E-state index is 12.4. The summed E-state index contributed by atoms with van der Waals surface area (Å²) in [5.74, 6) is -0.498. The minimum atomic E-state index is -0.743. The van der Waals surface area contributed by atoms with Gasteiger partial charge in [-0.2, -0.15) is 0 Å². The Bertz CT molecular complexity index is 674. The van der Waals surface area contributed by atoms with Gasteiger partial charge in [0.05, 0.1) is 5.56 Å². The van der Waals surface area contributed by atoms with Gasteiger partial charge in [-0.3, -0.25) is 9.59 Å². The van der Waals surface area contributed by atoms with E-state index in [1.165, 1.54) is 0 Å². The Balaban J connectivity index is 1.93. The van der Waals surface area contributed by atoms with E-state index in [2.05, 4.69) is 0 Å². The van der Waals surface area contributed by atoms with E-state index in [1.54, 1.807) is 30.3 Å². The zero-order valence-electron chi connectivity index (χ0n) is 11.1. The molecule has 1 heterocycles. The normalized spacial score (nSPS) is 17.2. The highest BCUT2D eigenvalue weighted by atomic mass is 16.5. The van der Waals surface area contributed by atoms with Gasteiger partial charge < -0.3 is 4.74 Å². The molecule has 0 saturated carbocycles. The molecule has 0 aromatic heterocycles. The SMILES string of the molecule is Cc1ccc2c(c1)OCC(C(=O)c1ccccc1)C2=O. The lowest BCUT2D eigenvalue weighted by molar-refractivity contribution is 0.0723. The number of ether oxygens (including phenoxy) is 1. The second-order valence-electron chi connectivity index (χ2n) is 4.96. The van der Waals surface area contributed by atoms with E-state index >= 15 is 0 Å². The molecular formula is C17H14O3. The maximum absolute atomic E-state index is 12.4. The van der Waals surface area contributed by atoms with Crippen LogP contribution in [0.2, 0.25) is 0 Å². The molecule has 0 bridgehead atoms. The molecular weight excluding hydrogens is 252 g/mol. The molecule has 0 fully saturated rings. The molecule has 1 aliphatic heterocycles. The van der Waals surface area contributed by atoms with E-state index in [4.69, 9.17) is 4.74 Å². The number of Topliss-reactive ketones (excluding diaryl/α,β-unsaturated/α-hetero) is 2. The number of ketones is 2. The first kappa shape index (κ1) is 12.6. The molecule has 2 aromatic carbocycles. The minimum absolute atomic E-state index is 0.114. The van der Waals surface area contributed by atoms with Crippen LogP contribution < -0.4 is 4.74 Å². The van der Waals surface area contributed by atoms with Crippen molar-refractivity contribution in [3.8, 4) is 5.75 Å². The molecule has 3 heteroatoms. The van der Waals surface area contributed by atoms with Crippen LogP contribution in [0.3, 0.4) is 0 Å². The summed E-state index contributed by atoms with van der Waals surface area (Å²) in [7, 11) is 0. The Kier molecular flexibility index (Phi) is 3.11. The largest absolute Gasteiger partial charge is 0.492 e. The van der Waals surface area contributed by atoms with Gasteiger partial charge in [-0.25, -0.2) is 0 Å². The Morgan fingerprint density at radius 3 is 2.65 bits per heavy atom. The van der Waals surface area contributed by atoms with Crippen molar-refractivity contribution >= 4 is 11.6 Å². The molecule has 0 saturated heterocycles. The molecule has 20 heavy (non-hydrogen) atoms. The third-order valence-electron chi connectivity index (χ3n) is 3.50. The summed E-state index contributed by atoms with van der Waals surface area (Å²) in [5, 5.41) is 0. The van der Waals surface area contributed by atoms with Crippen molar-refractivity contribution in [1.82, 2.24) is 0 Å². The van der Waals surface area contributed by atoms with E-state index in [9.17, 15) is 9.59 Å². The second kappa shape index (κ2) is 4.93. The fraction of sp³-hybridized carbons (Fsp3) is 0.176.